The Bertz CT molecular complexity index is 489. The van der Waals surface area contributed by atoms with E-state index in [2.05, 4.69) is 0 Å². The van der Waals surface area contributed by atoms with Gasteiger partial charge in [-0.05, 0) is 12.5 Å². The molecule has 1 N–H and O–H groups in total. The molecule has 2 aliphatic rings. The van der Waals surface area contributed by atoms with E-state index in [1.807, 2.05) is 0 Å². The Morgan fingerprint density at radius 2 is 2.33 bits per heavy atom. The van der Waals surface area contributed by atoms with Crippen LogP contribution in [0.2, 0.25) is 0 Å². The highest BCUT2D eigenvalue weighted by atomic mass is 16.7. The molecular weight excluding hydrogens is 238 g/mol. The molecule has 0 unspecified atom stereocenters. The lowest BCUT2D eigenvalue weighted by molar-refractivity contribution is -0.485. The zero-order valence-corrected chi connectivity index (χ0v) is 9.61. The first-order valence-corrected chi connectivity index (χ1v) is 5.88. The van der Waals surface area contributed by atoms with E-state index in [4.69, 9.17) is 9.47 Å². The monoisotopic (exact) mass is 251 g/mol. The van der Waals surface area contributed by atoms with Crippen LogP contribution in [0.4, 0.5) is 0 Å². The van der Waals surface area contributed by atoms with Gasteiger partial charge in [-0.25, -0.2) is 0 Å². The Balaban J connectivity index is 2.01. The first kappa shape index (κ1) is 11.3. The van der Waals surface area contributed by atoms with Crippen molar-refractivity contribution in [1.29, 1.82) is 0 Å². The molecule has 3 atom stereocenters. The second kappa shape index (κ2) is 4.13. The second-order valence-corrected chi connectivity index (χ2v) is 4.65. The van der Waals surface area contributed by atoms with Crippen molar-refractivity contribution in [2.75, 3.05) is 13.2 Å². The Hall–Kier alpha value is -1.82. The molecule has 0 bridgehead atoms. The molecule has 0 radical (unpaired) electrons. The quantitative estimate of drug-likeness (QED) is 0.636. The van der Waals surface area contributed by atoms with E-state index in [0.717, 1.165) is 12.0 Å². The molecule has 0 aromatic heterocycles. The molecule has 1 fully saturated rings. The van der Waals surface area contributed by atoms with Gasteiger partial charge in [-0.2, -0.15) is 0 Å². The Morgan fingerprint density at radius 3 is 3.11 bits per heavy atom. The van der Waals surface area contributed by atoms with Gasteiger partial charge in [-0.3, -0.25) is 10.1 Å². The molecule has 0 amide bonds. The zero-order chi connectivity index (χ0) is 12.7. The molecule has 6 nitrogen and oxygen atoms in total. The van der Waals surface area contributed by atoms with Gasteiger partial charge in [-0.15, -0.1) is 0 Å². The lowest BCUT2D eigenvalue weighted by Gasteiger charge is -2.32. The van der Waals surface area contributed by atoms with Crippen molar-refractivity contribution in [2.24, 2.45) is 5.92 Å². The van der Waals surface area contributed by atoms with Crippen LogP contribution in [0.5, 0.6) is 11.5 Å². The molecule has 6 heteroatoms. The third-order valence-electron chi connectivity index (χ3n) is 3.59. The van der Waals surface area contributed by atoms with Gasteiger partial charge in [0.25, 0.3) is 0 Å². The van der Waals surface area contributed by atoms with Crippen molar-refractivity contribution in [2.45, 2.75) is 18.6 Å². The van der Waals surface area contributed by atoms with E-state index in [1.165, 1.54) is 12.1 Å². The fourth-order valence-electron chi connectivity index (χ4n) is 2.77. The number of fused-ring (bicyclic) bond motifs is 2. The molecule has 2 aliphatic heterocycles. The first-order valence-electron chi connectivity index (χ1n) is 5.88. The van der Waals surface area contributed by atoms with Crippen LogP contribution in [0.15, 0.2) is 18.2 Å². The SMILES string of the molecule is O=[N+]([O-])C[C@@H]1c2ccc(O)cc2O[C@@H]2OCC[C@@H]21. The molecule has 96 valence electrons. The maximum atomic E-state index is 10.8. The Morgan fingerprint density at radius 1 is 1.50 bits per heavy atom. The number of phenolic OH excluding ortho intramolecular Hbond substituents is 1. The number of phenols is 1. The number of benzene rings is 1. The van der Waals surface area contributed by atoms with Gasteiger partial charge in [0.05, 0.1) is 12.5 Å². The summed E-state index contributed by atoms with van der Waals surface area (Å²) in [5, 5.41) is 20.2. The van der Waals surface area contributed by atoms with Gasteiger partial charge in [0.15, 0.2) is 0 Å². The minimum Gasteiger partial charge on any atom is -0.508 e. The van der Waals surface area contributed by atoms with Crippen LogP contribution in [0, 0.1) is 16.0 Å². The zero-order valence-electron chi connectivity index (χ0n) is 9.61. The lowest BCUT2D eigenvalue weighted by Crippen LogP contribution is -2.35. The van der Waals surface area contributed by atoms with E-state index < -0.39 is 6.29 Å². The van der Waals surface area contributed by atoms with Crippen LogP contribution in [-0.2, 0) is 4.74 Å². The van der Waals surface area contributed by atoms with Crippen LogP contribution in [0.25, 0.3) is 0 Å². The van der Waals surface area contributed by atoms with Crippen LogP contribution >= 0.6 is 0 Å². The minimum absolute atomic E-state index is 0.0208. The van der Waals surface area contributed by atoms with Crippen molar-refractivity contribution >= 4 is 0 Å². The number of aromatic hydroxyl groups is 1. The lowest BCUT2D eigenvalue weighted by atomic mass is 9.82. The fraction of sp³-hybridized carbons (Fsp3) is 0.500. The Labute approximate surface area is 103 Å². The van der Waals surface area contributed by atoms with Gasteiger partial charge >= 0.3 is 0 Å². The van der Waals surface area contributed by atoms with Gasteiger partial charge in [0, 0.05) is 22.5 Å². The summed E-state index contributed by atoms with van der Waals surface area (Å²) >= 11 is 0. The van der Waals surface area contributed by atoms with Gasteiger partial charge in [-0.1, -0.05) is 6.07 Å². The summed E-state index contributed by atoms with van der Waals surface area (Å²) in [6.07, 6.45) is 0.341. The number of rotatable bonds is 2. The number of ether oxygens (including phenoxy) is 2. The van der Waals surface area contributed by atoms with E-state index in [-0.39, 0.29) is 29.1 Å². The molecule has 1 saturated heterocycles. The van der Waals surface area contributed by atoms with E-state index in [0.29, 0.717) is 12.4 Å². The number of nitrogens with zero attached hydrogens (tertiary/aromatic N) is 1. The van der Waals surface area contributed by atoms with Crippen molar-refractivity contribution in [3.63, 3.8) is 0 Å². The summed E-state index contributed by atoms with van der Waals surface area (Å²) in [4.78, 5) is 10.5. The van der Waals surface area contributed by atoms with Crippen LogP contribution in [0.1, 0.15) is 17.9 Å². The largest absolute Gasteiger partial charge is 0.508 e. The van der Waals surface area contributed by atoms with Gasteiger partial charge < -0.3 is 14.6 Å². The molecule has 18 heavy (non-hydrogen) atoms. The normalized spacial score (nSPS) is 29.2. The minimum atomic E-state index is -0.427. The van der Waals surface area contributed by atoms with Crippen LogP contribution < -0.4 is 4.74 Å². The average molecular weight is 251 g/mol. The number of hydrogen-bond acceptors (Lipinski definition) is 5. The van der Waals surface area contributed by atoms with Crippen molar-refractivity contribution in [1.82, 2.24) is 0 Å². The van der Waals surface area contributed by atoms with Crippen LogP contribution in [-0.4, -0.2) is 29.5 Å². The van der Waals surface area contributed by atoms with Crippen LogP contribution in [0.3, 0.4) is 0 Å². The molecule has 0 aliphatic carbocycles. The highest BCUT2D eigenvalue weighted by Crippen LogP contribution is 2.45. The molecule has 0 saturated carbocycles. The molecule has 2 heterocycles. The predicted molar refractivity (Wildman–Crippen MR) is 61.2 cm³/mol. The van der Waals surface area contributed by atoms with Gasteiger partial charge in [0.1, 0.15) is 11.5 Å². The molecular formula is C12H13NO5. The van der Waals surface area contributed by atoms with E-state index in [1.54, 1.807) is 6.07 Å². The van der Waals surface area contributed by atoms with Gasteiger partial charge in [0.2, 0.25) is 12.8 Å². The smallest absolute Gasteiger partial charge is 0.211 e. The fourth-order valence-corrected chi connectivity index (χ4v) is 2.77. The van der Waals surface area contributed by atoms with Crippen molar-refractivity contribution < 1.29 is 19.5 Å². The molecule has 1 aromatic rings. The third kappa shape index (κ3) is 1.78. The topological polar surface area (TPSA) is 81.8 Å². The second-order valence-electron chi connectivity index (χ2n) is 4.65. The molecule has 0 spiro atoms. The highest BCUT2D eigenvalue weighted by molar-refractivity contribution is 5.44. The third-order valence-corrected chi connectivity index (χ3v) is 3.59. The van der Waals surface area contributed by atoms with Crippen molar-refractivity contribution in [3.05, 3.63) is 33.9 Å². The maximum absolute atomic E-state index is 10.8. The number of hydrogen-bond donors (Lipinski definition) is 1. The summed E-state index contributed by atoms with van der Waals surface area (Å²) in [6.45, 7) is 0.426. The average Bonchev–Trinajstić information content (AvgIpc) is 2.75. The molecule has 1 aromatic carbocycles. The molecule has 3 rings (SSSR count). The van der Waals surface area contributed by atoms with Crippen molar-refractivity contribution in [3.8, 4) is 11.5 Å². The highest BCUT2D eigenvalue weighted by Gasteiger charge is 2.44. The summed E-state index contributed by atoms with van der Waals surface area (Å²) in [5.74, 6) is 0.388. The first-order chi connectivity index (χ1) is 8.65. The maximum Gasteiger partial charge on any atom is 0.211 e. The Kier molecular flexibility index (Phi) is 2.59. The summed E-state index contributed by atoms with van der Waals surface area (Å²) in [7, 11) is 0. The van der Waals surface area contributed by atoms with E-state index in [9.17, 15) is 15.2 Å². The summed E-state index contributed by atoms with van der Waals surface area (Å²) in [6, 6.07) is 4.72. The van der Waals surface area contributed by atoms with E-state index >= 15 is 0 Å². The predicted octanol–water partition coefficient (Wildman–Crippen LogP) is 1.51. The number of nitro groups is 1. The standard InChI is InChI=1S/C12H13NO5/c14-7-1-2-8-10(6-13(15)16)9-3-4-17-12(9)18-11(8)5-7/h1-2,5,9-10,12,14H,3-4,6H2/t9-,10-,12+/m1/s1. The summed E-state index contributed by atoms with van der Waals surface area (Å²) < 4.78 is 11.1. The summed E-state index contributed by atoms with van der Waals surface area (Å²) in [5.41, 5.74) is 0.788.